The second kappa shape index (κ2) is 12.1. The third-order valence-corrected chi connectivity index (χ3v) is 4.65. The minimum absolute atomic E-state index is 0.547. The Bertz CT molecular complexity index is 808. The first-order chi connectivity index (χ1) is 13.7. The van der Waals surface area contributed by atoms with Crippen LogP contribution in [0.15, 0.2) is 36.4 Å². The van der Waals surface area contributed by atoms with Gasteiger partial charge in [0, 0.05) is 25.6 Å². The maximum atomic E-state index is 11.2. The van der Waals surface area contributed by atoms with Gasteiger partial charge in [0.2, 0.25) is 0 Å². The van der Waals surface area contributed by atoms with Crippen LogP contribution in [0.1, 0.15) is 50.4 Å². The van der Waals surface area contributed by atoms with E-state index < -0.39 is 5.91 Å². The fourth-order valence-corrected chi connectivity index (χ4v) is 3.18. The molecule has 1 amide bonds. The molecule has 28 heavy (non-hydrogen) atoms. The molecular weight excluding hydrogens is 352 g/mol. The molecule has 0 saturated carbocycles. The first-order valence-corrected chi connectivity index (χ1v) is 10.1. The third-order valence-electron chi connectivity index (χ3n) is 4.65. The number of benzene rings is 1. The number of hydroxylamine groups is 1. The van der Waals surface area contributed by atoms with Crippen molar-refractivity contribution in [1.82, 2.24) is 20.3 Å². The summed E-state index contributed by atoms with van der Waals surface area (Å²) >= 11 is 0. The van der Waals surface area contributed by atoms with E-state index in [9.17, 15) is 4.79 Å². The van der Waals surface area contributed by atoms with E-state index in [-0.39, 0.29) is 0 Å². The number of carbonyl (C=O) groups is 1. The second-order valence-corrected chi connectivity index (χ2v) is 6.82. The number of fused-ring (bicyclic) bond motifs is 1. The number of hydrogen-bond donors (Lipinski definition) is 3. The molecule has 0 fully saturated rings. The molecule has 0 aliphatic rings. The molecular formula is C22H32N4O2. The molecule has 0 unspecified atom stereocenters. The zero-order chi connectivity index (χ0) is 20.2. The van der Waals surface area contributed by atoms with E-state index in [0.717, 1.165) is 61.2 Å². The summed E-state index contributed by atoms with van der Waals surface area (Å²) in [6.07, 6.45) is 14.2. The van der Waals surface area contributed by atoms with Crippen LogP contribution in [0.5, 0.6) is 0 Å². The summed E-state index contributed by atoms with van der Waals surface area (Å²) in [5, 5.41) is 11.8. The Kier molecular flexibility index (Phi) is 9.45. The lowest BCUT2D eigenvalue weighted by molar-refractivity contribution is -0.124. The van der Waals surface area contributed by atoms with Crippen LogP contribution in [0.4, 0.5) is 0 Å². The van der Waals surface area contributed by atoms with Gasteiger partial charge in [-0.3, -0.25) is 10.0 Å². The number of nitrogens with zero attached hydrogens (tertiary/aromatic N) is 2. The number of aryl methyl sites for hydroxylation is 1. The number of aromatic nitrogens is 2. The molecule has 6 nitrogen and oxygen atoms in total. The van der Waals surface area contributed by atoms with E-state index in [4.69, 9.17) is 10.2 Å². The summed E-state index contributed by atoms with van der Waals surface area (Å²) < 4.78 is 2.29. The van der Waals surface area contributed by atoms with Crippen molar-refractivity contribution in [1.29, 1.82) is 0 Å². The van der Waals surface area contributed by atoms with Gasteiger partial charge in [0.15, 0.2) is 0 Å². The van der Waals surface area contributed by atoms with Gasteiger partial charge in [0.25, 0.3) is 5.91 Å². The van der Waals surface area contributed by atoms with E-state index in [1.807, 2.05) is 25.2 Å². The molecule has 1 aromatic carbocycles. The molecule has 0 atom stereocenters. The molecule has 6 heteroatoms. The smallest absolute Gasteiger partial charge is 0.267 e. The van der Waals surface area contributed by atoms with Gasteiger partial charge in [-0.05, 0) is 56.5 Å². The fourth-order valence-electron chi connectivity index (χ4n) is 3.18. The van der Waals surface area contributed by atoms with Crippen LogP contribution in [-0.4, -0.2) is 34.3 Å². The van der Waals surface area contributed by atoms with Gasteiger partial charge in [-0.15, -0.1) is 0 Å². The number of hydrogen-bond acceptors (Lipinski definition) is 4. The Morgan fingerprint density at radius 3 is 2.86 bits per heavy atom. The zero-order valence-electron chi connectivity index (χ0n) is 16.9. The van der Waals surface area contributed by atoms with Crippen molar-refractivity contribution in [3.8, 4) is 0 Å². The molecule has 0 aliphatic heterocycles. The topological polar surface area (TPSA) is 79.2 Å². The van der Waals surface area contributed by atoms with Crippen molar-refractivity contribution in [3.63, 3.8) is 0 Å². The molecule has 0 spiro atoms. The number of amides is 1. The SMILES string of the molecule is CC/C=C\CCCCCc1nc2cc(/C=C/C(=O)NO)ccc2n1CCNC. The largest absolute Gasteiger partial charge is 0.327 e. The van der Waals surface area contributed by atoms with Crippen molar-refractivity contribution < 1.29 is 10.0 Å². The highest BCUT2D eigenvalue weighted by Crippen LogP contribution is 2.20. The monoisotopic (exact) mass is 384 g/mol. The van der Waals surface area contributed by atoms with Crippen molar-refractivity contribution in [2.24, 2.45) is 0 Å². The molecule has 152 valence electrons. The fraction of sp³-hybridized carbons (Fsp3) is 0.455. The Morgan fingerprint density at radius 1 is 1.25 bits per heavy atom. The second-order valence-electron chi connectivity index (χ2n) is 6.82. The van der Waals surface area contributed by atoms with Crippen molar-refractivity contribution in [2.75, 3.05) is 13.6 Å². The molecule has 1 aromatic heterocycles. The van der Waals surface area contributed by atoms with E-state index in [2.05, 4.69) is 29.0 Å². The van der Waals surface area contributed by atoms with Crippen LogP contribution in [-0.2, 0) is 17.8 Å². The highest BCUT2D eigenvalue weighted by atomic mass is 16.5. The Hall–Kier alpha value is -2.44. The van der Waals surface area contributed by atoms with Gasteiger partial charge in [-0.1, -0.05) is 31.6 Å². The third kappa shape index (κ3) is 6.62. The average molecular weight is 385 g/mol. The Balaban J connectivity index is 2.10. The molecule has 3 N–H and O–H groups in total. The van der Waals surface area contributed by atoms with E-state index in [1.54, 1.807) is 11.6 Å². The Morgan fingerprint density at radius 2 is 2.11 bits per heavy atom. The van der Waals surface area contributed by atoms with E-state index in [0.29, 0.717) is 0 Å². The first-order valence-electron chi connectivity index (χ1n) is 10.1. The molecule has 0 radical (unpaired) electrons. The Labute approximate surface area is 167 Å². The van der Waals surface area contributed by atoms with E-state index in [1.165, 1.54) is 18.9 Å². The number of nitrogens with one attached hydrogen (secondary N) is 2. The number of unbranched alkanes of at least 4 members (excludes halogenated alkanes) is 3. The summed E-state index contributed by atoms with van der Waals surface area (Å²) in [5.41, 5.74) is 4.52. The quantitative estimate of drug-likeness (QED) is 0.171. The lowest BCUT2D eigenvalue weighted by Crippen LogP contribution is -2.16. The van der Waals surface area contributed by atoms with Gasteiger partial charge in [-0.2, -0.15) is 0 Å². The molecule has 0 aliphatic carbocycles. The number of carbonyl (C=O) groups excluding carboxylic acids is 1. The van der Waals surface area contributed by atoms with Gasteiger partial charge in [-0.25, -0.2) is 10.5 Å². The predicted octanol–water partition coefficient (Wildman–Crippen LogP) is 3.84. The standard InChI is InChI=1S/C22H32N4O2/c1-3-4-5-6-7-8-9-10-21-24-19-17-18(12-14-22(27)25-28)11-13-20(19)26(21)16-15-23-2/h4-5,11-14,17,23,28H,3,6-10,15-16H2,1-2H3,(H,25,27)/b5-4-,14-12+. The van der Waals surface area contributed by atoms with Gasteiger partial charge < -0.3 is 9.88 Å². The van der Waals surface area contributed by atoms with Crippen LogP contribution in [0.3, 0.4) is 0 Å². The van der Waals surface area contributed by atoms with E-state index >= 15 is 0 Å². The maximum absolute atomic E-state index is 11.2. The highest BCUT2D eigenvalue weighted by Gasteiger charge is 2.10. The summed E-state index contributed by atoms with van der Waals surface area (Å²) in [6.45, 7) is 3.93. The van der Waals surface area contributed by atoms with Gasteiger partial charge >= 0.3 is 0 Å². The number of imidazole rings is 1. The van der Waals surface area contributed by atoms with Crippen LogP contribution in [0.25, 0.3) is 17.1 Å². The molecule has 0 saturated heterocycles. The summed E-state index contributed by atoms with van der Waals surface area (Å²) in [4.78, 5) is 16.0. The molecule has 0 bridgehead atoms. The molecule has 1 heterocycles. The normalized spacial score (nSPS) is 11.8. The minimum Gasteiger partial charge on any atom is -0.327 e. The van der Waals surface area contributed by atoms with Crippen LogP contribution in [0, 0.1) is 0 Å². The summed E-state index contributed by atoms with van der Waals surface area (Å²) in [6, 6.07) is 5.99. The summed E-state index contributed by atoms with van der Waals surface area (Å²) in [5.74, 6) is 0.567. The lowest BCUT2D eigenvalue weighted by Gasteiger charge is -2.09. The lowest BCUT2D eigenvalue weighted by atomic mass is 10.1. The van der Waals surface area contributed by atoms with Crippen LogP contribution >= 0.6 is 0 Å². The van der Waals surface area contributed by atoms with Gasteiger partial charge in [0.05, 0.1) is 11.0 Å². The minimum atomic E-state index is -0.547. The average Bonchev–Trinajstić information content (AvgIpc) is 3.06. The number of allylic oxidation sites excluding steroid dienone is 2. The molecule has 2 rings (SSSR count). The van der Waals surface area contributed by atoms with Crippen molar-refractivity contribution >= 4 is 23.0 Å². The highest BCUT2D eigenvalue weighted by molar-refractivity contribution is 5.91. The van der Waals surface area contributed by atoms with Gasteiger partial charge in [0.1, 0.15) is 5.82 Å². The number of rotatable bonds is 12. The van der Waals surface area contributed by atoms with Crippen molar-refractivity contribution in [2.45, 2.75) is 52.0 Å². The zero-order valence-corrected chi connectivity index (χ0v) is 16.9. The van der Waals surface area contributed by atoms with Crippen molar-refractivity contribution in [3.05, 3.63) is 47.8 Å². The first kappa shape index (κ1) is 21.9. The predicted molar refractivity (Wildman–Crippen MR) is 114 cm³/mol. The van der Waals surface area contributed by atoms with Crippen LogP contribution in [0.2, 0.25) is 0 Å². The molecule has 2 aromatic rings. The summed E-state index contributed by atoms with van der Waals surface area (Å²) in [7, 11) is 1.96. The maximum Gasteiger partial charge on any atom is 0.267 e. The van der Waals surface area contributed by atoms with Crippen LogP contribution < -0.4 is 10.8 Å². The number of likely N-dealkylation sites (N-methyl/N-ethyl adjacent to an activating group) is 1.